The number of halogens is 1. The van der Waals surface area contributed by atoms with E-state index in [0.29, 0.717) is 5.92 Å². The number of anilines is 2. The fraction of sp³-hybridized carbons (Fsp3) is 0.727. The third kappa shape index (κ3) is 6.08. The van der Waals surface area contributed by atoms with Crippen LogP contribution in [0.2, 0.25) is 0 Å². The maximum absolute atomic E-state index is 14.0. The van der Waals surface area contributed by atoms with Crippen LogP contribution >= 0.6 is 0 Å². The number of ether oxygens (including phenoxy) is 1. The van der Waals surface area contributed by atoms with Gasteiger partial charge in [-0.15, -0.1) is 0 Å². The van der Waals surface area contributed by atoms with E-state index in [2.05, 4.69) is 14.9 Å². The predicted molar refractivity (Wildman–Crippen MR) is 120 cm³/mol. The van der Waals surface area contributed by atoms with Gasteiger partial charge in [-0.3, -0.25) is 0 Å². The molecule has 0 aromatic heterocycles. The van der Waals surface area contributed by atoms with E-state index in [4.69, 9.17) is 4.74 Å². The summed E-state index contributed by atoms with van der Waals surface area (Å²) in [6.07, 6.45) is 3.87. The molecule has 0 spiro atoms. The monoisotopic (exact) mass is 441 g/mol. The summed E-state index contributed by atoms with van der Waals surface area (Å²) in [6.45, 7) is 9.77. The van der Waals surface area contributed by atoms with Crippen molar-refractivity contribution in [1.82, 2.24) is 4.72 Å². The maximum Gasteiger partial charge on any atom is 0.214 e. The first-order chi connectivity index (χ1) is 14.1. The van der Waals surface area contributed by atoms with Gasteiger partial charge in [-0.05, 0) is 77.5 Å². The molecule has 1 aliphatic heterocycles. The van der Waals surface area contributed by atoms with Gasteiger partial charge in [0.2, 0.25) is 10.0 Å². The highest BCUT2D eigenvalue weighted by Crippen LogP contribution is 2.31. The SMILES string of the molecule is CC1CN(c2cc(F)ccc2NCC2CCC(NS(=O)(=O)C(C)C)CC2)CC(C)O1. The largest absolute Gasteiger partial charge is 0.383 e. The van der Waals surface area contributed by atoms with Crippen molar-refractivity contribution in [3.63, 3.8) is 0 Å². The zero-order valence-electron chi connectivity index (χ0n) is 18.5. The molecule has 0 bridgehead atoms. The van der Waals surface area contributed by atoms with Crippen LogP contribution in [-0.2, 0) is 14.8 Å². The average molecular weight is 442 g/mol. The van der Waals surface area contributed by atoms with Crippen molar-refractivity contribution < 1.29 is 17.5 Å². The summed E-state index contributed by atoms with van der Waals surface area (Å²) in [5.74, 6) is 0.241. The molecule has 0 amide bonds. The van der Waals surface area contributed by atoms with E-state index in [9.17, 15) is 12.8 Å². The van der Waals surface area contributed by atoms with Crippen molar-refractivity contribution in [2.45, 2.75) is 76.9 Å². The Kier molecular flexibility index (Phi) is 7.63. The second-order valence-electron chi connectivity index (χ2n) is 9.13. The Labute approximate surface area is 180 Å². The van der Waals surface area contributed by atoms with E-state index in [1.807, 2.05) is 19.9 Å². The molecule has 1 aromatic carbocycles. The van der Waals surface area contributed by atoms with Crippen LogP contribution in [0.4, 0.5) is 15.8 Å². The summed E-state index contributed by atoms with van der Waals surface area (Å²) < 4.78 is 46.8. The lowest BCUT2D eigenvalue weighted by Gasteiger charge is -2.38. The smallest absolute Gasteiger partial charge is 0.214 e. The molecule has 8 heteroatoms. The molecule has 1 aliphatic carbocycles. The van der Waals surface area contributed by atoms with Gasteiger partial charge in [-0.2, -0.15) is 0 Å². The lowest BCUT2D eigenvalue weighted by Crippen LogP contribution is -2.45. The Morgan fingerprint density at radius 1 is 1.13 bits per heavy atom. The average Bonchev–Trinajstić information content (AvgIpc) is 2.67. The van der Waals surface area contributed by atoms with Crippen molar-refractivity contribution >= 4 is 21.4 Å². The number of hydrogen-bond acceptors (Lipinski definition) is 5. The van der Waals surface area contributed by atoms with Crippen LogP contribution in [-0.4, -0.2) is 51.6 Å². The van der Waals surface area contributed by atoms with Crippen molar-refractivity contribution in [2.24, 2.45) is 5.92 Å². The van der Waals surface area contributed by atoms with Gasteiger partial charge in [-0.25, -0.2) is 17.5 Å². The minimum Gasteiger partial charge on any atom is -0.383 e. The van der Waals surface area contributed by atoms with Gasteiger partial charge >= 0.3 is 0 Å². The molecular formula is C22H36FN3O3S. The van der Waals surface area contributed by atoms with Crippen molar-refractivity contribution in [3.05, 3.63) is 24.0 Å². The zero-order valence-corrected chi connectivity index (χ0v) is 19.3. The highest BCUT2D eigenvalue weighted by molar-refractivity contribution is 7.90. The maximum atomic E-state index is 14.0. The summed E-state index contributed by atoms with van der Waals surface area (Å²) in [4.78, 5) is 2.20. The fourth-order valence-electron chi connectivity index (χ4n) is 4.40. The molecule has 1 heterocycles. The third-order valence-electron chi connectivity index (χ3n) is 6.10. The lowest BCUT2D eigenvalue weighted by molar-refractivity contribution is -0.00519. The van der Waals surface area contributed by atoms with Gasteiger partial charge < -0.3 is 15.0 Å². The Morgan fingerprint density at radius 2 is 1.77 bits per heavy atom. The highest BCUT2D eigenvalue weighted by Gasteiger charge is 2.27. The van der Waals surface area contributed by atoms with Gasteiger partial charge in [-0.1, -0.05) is 0 Å². The van der Waals surface area contributed by atoms with Gasteiger partial charge in [0.1, 0.15) is 5.82 Å². The second kappa shape index (κ2) is 9.83. The van der Waals surface area contributed by atoms with Crippen LogP contribution in [0.3, 0.4) is 0 Å². The Morgan fingerprint density at radius 3 is 2.37 bits per heavy atom. The van der Waals surface area contributed by atoms with E-state index in [0.717, 1.165) is 56.7 Å². The molecule has 2 atom stereocenters. The molecule has 6 nitrogen and oxygen atoms in total. The molecule has 1 aromatic rings. The first-order valence-electron chi connectivity index (χ1n) is 11.1. The molecule has 2 fully saturated rings. The Bertz CT molecular complexity index is 800. The van der Waals surface area contributed by atoms with E-state index in [1.54, 1.807) is 19.9 Å². The van der Waals surface area contributed by atoms with Crippen LogP contribution < -0.4 is 14.9 Å². The lowest BCUT2D eigenvalue weighted by atomic mass is 9.86. The van der Waals surface area contributed by atoms with Gasteiger partial charge in [0.05, 0.1) is 28.8 Å². The highest BCUT2D eigenvalue weighted by atomic mass is 32.2. The van der Waals surface area contributed by atoms with Crippen LogP contribution in [0.1, 0.15) is 53.4 Å². The normalized spacial score (nSPS) is 28.0. The van der Waals surface area contributed by atoms with Gasteiger partial charge in [0.15, 0.2) is 0 Å². The third-order valence-corrected chi connectivity index (χ3v) is 8.00. The number of morpholine rings is 1. The minimum absolute atomic E-state index is 0.0337. The number of rotatable bonds is 7. The standard InChI is InChI=1S/C22H36FN3O3S/c1-15(2)30(27,28)25-20-8-5-18(6-9-20)12-24-21-10-7-19(23)11-22(21)26-13-16(3)29-17(4)14-26/h7,10-11,15-18,20,24-25H,5-6,8-9,12-14H2,1-4H3. The number of benzene rings is 1. The van der Waals surface area contributed by atoms with Gasteiger partial charge in [0, 0.05) is 25.7 Å². The minimum atomic E-state index is -3.22. The van der Waals surface area contributed by atoms with Crippen molar-refractivity contribution in [2.75, 3.05) is 29.9 Å². The van der Waals surface area contributed by atoms with Gasteiger partial charge in [0.25, 0.3) is 0 Å². The van der Waals surface area contributed by atoms with Crippen molar-refractivity contribution in [3.8, 4) is 0 Å². The van der Waals surface area contributed by atoms with Crippen molar-refractivity contribution in [1.29, 1.82) is 0 Å². The molecule has 1 saturated carbocycles. The zero-order chi connectivity index (χ0) is 21.9. The van der Waals surface area contributed by atoms with E-state index in [1.165, 1.54) is 6.07 Å². The number of nitrogens with one attached hydrogen (secondary N) is 2. The number of nitrogens with zero attached hydrogens (tertiary/aromatic N) is 1. The Hall–Kier alpha value is -1.38. The fourth-order valence-corrected chi connectivity index (χ4v) is 5.37. The van der Waals surface area contributed by atoms with E-state index >= 15 is 0 Å². The van der Waals surface area contributed by atoms with E-state index < -0.39 is 15.3 Å². The number of sulfonamides is 1. The Balaban J connectivity index is 1.57. The molecule has 30 heavy (non-hydrogen) atoms. The second-order valence-corrected chi connectivity index (χ2v) is 11.4. The first kappa shape index (κ1) is 23.3. The molecule has 2 aliphatic rings. The topological polar surface area (TPSA) is 70.7 Å². The molecular weight excluding hydrogens is 405 g/mol. The quantitative estimate of drug-likeness (QED) is 0.675. The molecule has 2 N–H and O–H groups in total. The molecule has 0 radical (unpaired) electrons. The molecule has 170 valence electrons. The number of hydrogen-bond donors (Lipinski definition) is 2. The van der Waals surface area contributed by atoms with Crippen LogP contribution in [0.25, 0.3) is 0 Å². The summed E-state index contributed by atoms with van der Waals surface area (Å²) in [5, 5.41) is 3.13. The summed E-state index contributed by atoms with van der Waals surface area (Å²) >= 11 is 0. The molecule has 1 saturated heterocycles. The van der Waals surface area contributed by atoms with Crippen LogP contribution in [0.15, 0.2) is 18.2 Å². The molecule has 2 unspecified atom stereocenters. The summed E-state index contributed by atoms with van der Waals surface area (Å²) in [7, 11) is -3.22. The van der Waals surface area contributed by atoms with E-state index in [-0.39, 0.29) is 24.1 Å². The predicted octanol–water partition coefficient (Wildman–Crippen LogP) is 3.74. The first-order valence-corrected chi connectivity index (χ1v) is 12.6. The van der Waals surface area contributed by atoms with Crippen LogP contribution in [0.5, 0.6) is 0 Å². The summed E-state index contributed by atoms with van der Waals surface area (Å²) in [5.41, 5.74) is 1.83. The van der Waals surface area contributed by atoms with Crippen LogP contribution in [0, 0.1) is 11.7 Å². The molecule has 3 rings (SSSR count). The summed E-state index contributed by atoms with van der Waals surface area (Å²) in [6, 6.07) is 4.95.